The quantitative estimate of drug-likeness (QED) is 0.369. The molecule has 1 atom stereocenters. The lowest BCUT2D eigenvalue weighted by Gasteiger charge is -2.28. The molecule has 2 aromatic heterocycles. The predicted molar refractivity (Wildman–Crippen MR) is 144 cm³/mol. The van der Waals surface area contributed by atoms with Crippen molar-refractivity contribution in [3.05, 3.63) is 66.2 Å². The maximum absolute atomic E-state index is 14.8. The van der Waals surface area contributed by atoms with Crippen molar-refractivity contribution in [2.24, 2.45) is 5.92 Å². The van der Waals surface area contributed by atoms with Crippen LogP contribution in [0.1, 0.15) is 19.3 Å². The van der Waals surface area contributed by atoms with Crippen LogP contribution < -0.4 is 15.0 Å². The normalized spacial score (nSPS) is 17.6. The molecule has 8 heteroatoms. The number of halogens is 1. The van der Waals surface area contributed by atoms with E-state index in [9.17, 15) is 4.39 Å². The summed E-state index contributed by atoms with van der Waals surface area (Å²) in [7, 11) is 2.05. The number of hydrogen-bond donors (Lipinski definition) is 1. The third-order valence-electron chi connectivity index (χ3n) is 7.50. The zero-order chi connectivity index (χ0) is 25.4. The maximum Gasteiger partial charge on any atom is 0.222 e. The van der Waals surface area contributed by atoms with Gasteiger partial charge in [0, 0.05) is 24.7 Å². The molecule has 0 radical (unpaired) electrons. The number of pyridine rings is 1. The van der Waals surface area contributed by atoms with Crippen LogP contribution in [0.2, 0.25) is 0 Å². The highest BCUT2D eigenvalue weighted by molar-refractivity contribution is 5.99. The van der Waals surface area contributed by atoms with Gasteiger partial charge in [-0.3, -0.25) is 4.98 Å². The van der Waals surface area contributed by atoms with Gasteiger partial charge < -0.3 is 19.5 Å². The minimum atomic E-state index is -0.545. The van der Waals surface area contributed by atoms with E-state index >= 15 is 0 Å². The second kappa shape index (κ2) is 9.83. The number of rotatable bonds is 4. The van der Waals surface area contributed by atoms with Gasteiger partial charge in [0.1, 0.15) is 23.7 Å². The van der Waals surface area contributed by atoms with Crippen molar-refractivity contribution >= 4 is 22.4 Å². The van der Waals surface area contributed by atoms with Crippen LogP contribution in [0.5, 0.6) is 5.75 Å². The average Bonchev–Trinajstić information content (AvgIpc) is 3.13. The van der Waals surface area contributed by atoms with Crippen molar-refractivity contribution in [1.29, 1.82) is 0 Å². The first kappa shape index (κ1) is 23.4. The van der Waals surface area contributed by atoms with E-state index in [1.54, 1.807) is 6.07 Å². The van der Waals surface area contributed by atoms with Crippen LogP contribution in [0.25, 0.3) is 38.3 Å². The Bertz CT molecular complexity index is 1500. The molecule has 37 heavy (non-hydrogen) atoms. The summed E-state index contributed by atoms with van der Waals surface area (Å²) < 4.78 is 22.9. The first-order chi connectivity index (χ1) is 18.1. The van der Waals surface area contributed by atoms with E-state index in [-0.39, 0.29) is 5.69 Å². The topological polar surface area (TPSA) is 59.6 Å². The van der Waals surface area contributed by atoms with Gasteiger partial charge in [-0.15, -0.1) is 0 Å². The fourth-order valence-corrected chi connectivity index (χ4v) is 5.47. The fraction of sp³-hybridized carbons (Fsp3) is 0.345. The molecular formula is C29H29FN6O. The van der Waals surface area contributed by atoms with Crippen LogP contribution in [0.4, 0.5) is 15.8 Å². The second-order valence-electron chi connectivity index (χ2n) is 9.89. The summed E-state index contributed by atoms with van der Waals surface area (Å²) in [5.41, 5.74) is 5.75. The van der Waals surface area contributed by atoms with E-state index in [1.165, 1.54) is 25.0 Å². The number of nitrogens with zero attached hydrogens (tertiary/aromatic N) is 5. The van der Waals surface area contributed by atoms with Crippen LogP contribution in [0.3, 0.4) is 0 Å². The lowest BCUT2D eigenvalue weighted by atomic mass is 9.96. The standard InChI is InChI=1S/C29H29FN6O/c1-31-23-7-5-20(14-22(23)30)27-28(21-6-8-24-26(15-21)37-13-12-35(24)2)33-16-25-29(27)34-18-36(25)17-19-4-3-10-32-11-9-19/h5-8,14-16,18-19,32H,3-4,9-13,17H2,2H3. The molecule has 2 aromatic carbocycles. The van der Waals surface area contributed by atoms with Gasteiger partial charge in [0.05, 0.1) is 42.5 Å². The molecular weight excluding hydrogens is 467 g/mol. The Kier molecular flexibility index (Phi) is 6.23. The molecule has 1 saturated heterocycles. The number of hydrogen-bond acceptors (Lipinski definition) is 5. The van der Waals surface area contributed by atoms with E-state index in [0.29, 0.717) is 23.8 Å². The van der Waals surface area contributed by atoms with Gasteiger partial charge in [0.25, 0.3) is 0 Å². The highest BCUT2D eigenvalue weighted by Crippen LogP contribution is 2.41. The van der Waals surface area contributed by atoms with Gasteiger partial charge in [-0.25, -0.2) is 14.2 Å². The summed E-state index contributed by atoms with van der Waals surface area (Å²) >= 11 is 0. The number of likely N-dealkylation sites (N-methyl/N-ethyl adjacent to an activating group) is 1. The molecule has 0 amide bonds. The molecule has 6 rings (SSSR count). The Labute approximate surface area is 215 Å². The molecule has 0 aliphatic carbocycles. The number of aromatic nitrogens is 3. The summed E-state index contributed by atoms with van der Waals surface area (Å²) in [6, 6.07) is 10.8. The van der Waals surface area contributed by atoms with E-state index in [1.807, 2.05) is 30.7 Å². The highest BCUT2D eigenvalue weighted by Gasteiger charge is 2.22. The highest BCUT2D eigenvalue weighted by atomic mass is 19.1. The van der Waals surface area contributed by atoms with Crippen LogP contribution in [-0.4, -0.2) is 47.8 Å². The van der Waals surface area contributed by atoms with Crippen LogP contribution in [0.15, 0.2) is 48.9 Å². The first-order valence-corrected chi connectivity index (χ1v) is 12.8. The van der Waals surface area contributed by atoms with Gasteiger partial charge in [-0.05, 0) is 62.0 Å². The summed E-state index contributed by atoms with van der Waals surface area (Å²) in [5.74, 6) is 0.832. The average molecular weight is 497 g/mol. The van der Waals surface area contributed by atoms with Gasteiger partial charge >= 0.3 is 0 Å². The van der Waals surface area contributed by atoms with Gasteiger partial charge in [0.15, 0.2) is 0 Å². The van der Waals surface area contributed by atoms with Crippen molar-refractivity contribution in [2.45, 2.75) is 25.8 Å². The molecule has 0 bridgehead atoms. The van der Waals surface area contributed by atoms with Gasteiger partial charge in [-0.1, -0.05) is 18.2 Å². The molecule has 0 spiro atoms. The van der Waals surface area contributed by atoms with Crippen molar-refractivity contribution in [2.75, 3.05) is 38.2 Å². The monoisotopic (exact) mass is 496 g/mol. The minimum Gasteiger partial charge on any atom is -0.490 e. The van der Waals surface area contributed by atoms with Crippen molar-refractivity contribution in [3.63, 3.8) is 0 Å². The van der Waals surface area contributed by atoms with Crippen molar-refractivity contribution in [1.82, 2.24) is 19.9 Å². The SMILES string of the molecule is [C-]#[N+]c1ccc(-c2c(-c3ccc4c(c3)OCCN4C)ncc3c2ncn3CC2CCCNCC2)cc1F. The Morgan fingerprint density at radius 3 is 2.89 bits per heavy atom. The molecule has 2 aliphatic heterocycles. The number of benzene rings is 2. The molecule has 1 unspecified atom stereocenters. The van der Waals surface area contributed by atoms with E-state index in [4.69, 9.17) is 21.3 Å². The van der Waals surface area contributed by atoms with Crippen LogP contribution in [-0.2, 0) is 6.54 Å². The Hall–Kier alpha value is -3.96. The Morgan fingerprint density at radius 2 is 2.03 bits per heavy atom. The number of imidazole rings is 1. The van der Waals surface area contributed by atoms with Crippen LogP contribution in [0, 0.1) is 18.3 Å². The molecule has 7 nitrogen and oxygen atoms in total. The fourth-order valence-electron chi connectivity index (χ4n) is 5.47. The van der Waals surface area contributed by atoms with E-state index < -0.39 is 5.82 Å². The maximum atomic E-state index is 14.8. The predicted octanol–water partition coefficient (Wildman–Crippen LogP) is 5.67. The van der Waals surface area contributed by atoms with Crippen molar-refractivity contribution < 1.29 is 9.13 Å². The van der Waals surface area contributed by atoms with Crippen molar-refractivity contribution in [3.8, 4) is 28.1 Å². The molecule has 0 saturated carbocycles. The molecule has 4 heterocycles. The summed E-state index contributed by atoms with van der Waals surface area (Å²) in [6.07, 6.45) is 7.25. The van der Waals surface area contributed by atoms with Gasteiger partial charge in [-0.2, -0.15) is 0 Å². The lowest BCUT2D eigenvalue weighted by Crippen LogP contribution is -2.28. The minimum absolute atomic E-state index is 0.00292. The molecule has 4 aromatic rings. The number of fused-ring (bicyclic) bond motifs is 2. The Balaban J connectivity index is 1.50. The summed E-state index contributed by atoms with van der Waals surface area (Å²) in [6.45, 7) is 11.7. The lowest BCUT2D eigenvalue weighted by molar-refractivity contribution is 0.311. The van der Waals surface area contributed by atoms with Crippen LogP contribution >= 0.6 is 0 Å². The summed E-state index contributed by atoms with van der Waals surface area (Å²) in [4.78, 5) is 15.2. The zero-order valence-corrected chi connectivity index (χ0v) is 20.9. The number of anilines is 1. The zero-order valence-electron chi connectivity index (χ0n) is 20.9. The third kappa shape index (κ3) is 4.40. The summed E-state index contributed by atoms with van der Waals surface area (Å²) in [5, 5.41) is 3.48. The van der Waals surface area contributed by atoms with E-state index in [2.05, 4.69) is 26.7 Å². The second-order valence-corrected chi connectivity index (χ2v) is 9.89. The number of nitrogens with one attached hydrogen (secondary N) is 1. The van der Waals surface area contributed by atoms with E-state index in [0.717, 1.165) is 66.2 Å². The molecule has 2 aliphatic rings. The smallest absolute Gasteiger partial charge is 0.222 e. The third-order valence-corrected chi connectivity index (χ3v) is 7.50. The molecule has 188 valence electrons. The number of ether oxygens (including phenoxy) is 1. The molecule has 1 N–H and O–H groups in total. The molecule has 1 fully saturated rings. The first-order valence-electron chi connectivity index (χ1n) is 12.8. The largest absolute Gasteiger partial charge is 0.490 e. The Morgan fingerprint density at radius 1 is 1.14 bits per heavy atom. The van der Waals surface area contributed by atoms with Gasteiger partial charge in [0.2, 0.25) is 5.69 Å².